The Morgan fingerprint density at radius 3 is 2.60 bits per heavy atom. The number of halogens is 1. The molecule has 3 aromatic rings. The third kappa shape index (κ3) is 5.08. The van der Waals surface area contributed by atoms with Crippen LogP contribution in [0.4, 0.5) is 4.39 Å². The highest BCUT2D eigenvalue weighted by atomic mass is 32.1. The smallest absolute Gasteiger partial charge is 0.303 e. The Balaban J connectivity index is 1.42. The highest BCUT2D eigenvalue weighted by Gasteiger charge is 2.21. The minimum atomic E-state index is -0.772. The van der Waals surface area contributed by atoms with Crippen molar-refractivity contribution in [3.8, 4) is 16.2 Å². The molecule has 30 heavy (non-hydrogen) atoms. The summed E-state index contributed by atoms with van der Waals surface area (Å²) in [7, 11) is 0. The first-order valence-electron chi connectivity index (χ1n) is 10.4. The molecule has 1 heterocycles. The predicted molar refractivity (Wildman–Crippen MR) is 118 cm³/mol. The fourth-order valence-corrected chi connectivity index (χ4v) is 4.93. The van der Waals surface area contributed by atoms with Crippen LogP contribution in [0.25, 0.3) is 10.4 Å². The van der Waals surface area contributed by atoms with E-state index in [9.17, 15) is 9.18 Å². The summed E-state index contributed by atoms with van der Waals surface area (Å²) in [4.78, 5) is 13.2. The van der Waals surface area contributed by atoms with Crippen molar-refractivity contribution in [2.75, 3.05) is 0 Å². The Hall–Kier alpha value is -2.66. The molecule has 4 rings (SSSR count). The van der Waals surface area contributed by atoms with Gasteiger partial charge in [-0.05, 0) is 79.1 Å². The quantitative estimate of drug-likeness (QED) is 0.410. The second-order valence-corrected chi connectivity index (χ2v) is 8.93. The summed E-state index contributed by atoms with van der Waals surface area (Å²) in [6.07, 6.45) is 5.36. The number of carboxylic acid groups (broad SMARTS) is 1. The average molecular weight is 425 g/mol. The fourth-order valence-electron chi connectivity index (χ4n) is 3.69. The van der Waals surface area contributed by atoms with Crippen molar-refractivity contribution in [3.63, 3.8) is 0 Å². The molecule has 0 spiro atoms. The SMILES string of the molecule is O=C(O)CCCc1ccc(OCc2cc(F)ccc2-c2ccc(C3CCC3)s2)cc1. The lowest BCUT2D eigenvalue weighted by Crippen LogP contribution is -2.06. The van der Waals surface area contributed by atoms with E-state index in [0.717, 1.165) is 28.0 Å². The van der Waals surface area contributed by atoms with E-state index in [1.54, 1.807) is 17.4 Å². The largest absolute Gasteiger partial charge is 0.489 e. The molecule has 156 valence electrons. The first-order valence-corrected chi connectivity index (χ1v) is 11.2. The van der Waals surface area contributed by atoms with Crippen LogP contribution in [0.2, 0.25) is 0 Å². The Kier molecular flexibility index (Phi) is 6.48. The van der Waals surface area contributed by atoms with Gasteiger partial charge in [0.15, 0.2) is 0 Å². The minimum Gasteiger partial charge on any atom is -0.489 e. The zero-order valence-corrected chi connectivity index (χ0v) is 17.6. The molecule has 1 aromatic heterocycles. The molecular formula is C25H25FO3S. The van der Waals surface area contributed by atoms with Gasteiger partial charge in [-0.15, -0.1) is 11.3 Å². The number of benzene rings is 2. The lowest BCUT2D eigenvalue weighted by atomic mass is 9.84. The summed E-state index contributed by atoms with van der Waals surface area (Å²) in [5.74, 6) is 0.375. The third-order valence-corrected chi connectivity index (χ3v) is 6.92. The monoisotopic (exact) mass is 424 g/mol. The van der Waals surface area contributed by atoms with E-state index >= 15 is 0 Å². The van der Waals surface area contributed by atoms with E-state index in [4.69, 9.17) is 9.84 Å². The lowest BCUT2D eigenvalue weighted by molar-refractivity contribution is -0.137. The van der Waals surface area contributed by atoms with Crippen LogP contribution in [0.5, 0.6) is 5.75 Å². The Bertz CT molecular complexity index is 1010. The molecule has 1 N–H and O–H groups in total. The molecule has 3 nitrogen and oxygen atoms in total. The maximum absolute atomic E-state index is 13.9. The standard InChI is InChI=1S/C25H25FO3S/c26-20-9-12-22(24-14-13-23(30-24)18-4-2-5-18)19(15-20)16-29-21-10-7-17(8-11-21)3-1-6-25(27)28/h7-15,18H,1-6,16H2,(H,27,28). The van der Waals surface area contributed by atoms with Gasteiger partial charge in [0.05, 0.1) is 0 Å². The molecule has 0 saturated heterocycles. The van der Waals surface area contributed by atoms with Gasteiger partial charge in [0.25, 0.3) is 0 Å². The summed E-state index contributed by atoms with van der Waals surface area (Å²) >= 11 is 1.80. The average Bonchev–Trinajstić information content (AvgIpc) is 3.15. The van der Waals surface area contributed by atoms with E-state index in [0.29, 0.717) is 24.7 Å². The van der Waals surface area contributed by atoms with Gasteiger partial charge in [-0.3, -0.25) is 4.79 Å². The van der Waals surface area contributed by atoms with Crippen LogP contribution in [0.1, 0.15) is 54.0 Å². The van der Waals surface area contributed by atoms with E-state index < -0.39 is 5.97 Å². The van der Waals surface area contributed by atoms with Gasteiger partial charge >= 0.3 is 5.97 Å². The topological polar surface area (TPSA) is 46.5 Å². The highest BCUT2D eigenvalue weighted by Crippen LogP contribution is 2.42. The second kappa shape index (κ2) is 9.43. The van der Waals surface area contributed by atoms with Crippen LogP contribution < -0.4 is 4.74 Å². The van der Waals surface area contributed by atoms with Gasteiger partial charge in [0.1, 0.15) is 18.2 Å². The summed E-state index contributed by atoms with van der Waals surface area (Å²) in [5, 5.41) is 8.74. The molecule has 1 fully saturated rings. The molecule has 1 saturated carbocycles. The maximum atomic E-state index is 13.9. The summed E-state index contributed by atoms with van der Waals surface area (Å²) in [6.45, 7) is 0.294. The Morgan fingerprint density at radius 2 is 1.90 bits per heavy atom. The molecule has 0 unspecified atom stereocenters. The van der Waals surface area contributed by atoms with Gasteiger partial charge < -0.3 is 9.84 Å². The van der Waals surface area contributed by atoms with Crippen molar-refractivity contribution in [1.29, 1.82) is 0 Å². The number of thiophene rings is 1. The zero-order valence-electron chi connectivity index (χ0n) is 16.8. The van der Waals surface area contributed by atoms with Crippen molar-refractivity contribution >= 4 is 17.3 Å². The van der Waals surface area contributed by atoms with Crippen LogP contribution in [0.15, 0.2) is 54.6 Å². The zero-order chi connectivity index (χ0) is 20.9. The number of aliphatic carboxylic acids is 1. The van der Waals surface area contributed by atoms with Gasteiger partial charge in [-0.1, -0.05) is 24.6 Å². The molecule has 1 aliphatic rings. The van der Waals surface area contributed by atoms with Crippen molar-refractivity contribution in [3.05, 3.63) is 76.4 Å². The summed E-state index contributed by atoms with van der Waals surface area (Å²) < 4.78 is 19.9. The number of ether oxygens (including phenoxy) is 1. The molecule has 2 aromatic carbocycles. The predicted octanol–water partition coefficient (Wildman–Crippen LogP) is 6.81. The van der Waals surface area contributed by atoms with Gasteiger partial charge in [0.2, 0.25) is 0 Å². The maximum Gasteiger partial charge on any atom is 0.303 e. The first kappa shape index (κ1) is 20.6. The van der Waals surface area contributed by atoms with Crippen LogP contribution in [0, 0.1) is 5.82 Å². The van der Waals surface area contributed by atoms with E-state index in [1.807, 2.05) is 30.3 Å². The van der Waals surface area contributed by atoms with Crippen LogP contribution in [-0.4, -0.2) is 11.1 Å². The number of rotatable bonds is 9. The number of carboxylic acids is 1. The van der Waals surface area contributed by atoms with Crippen LogP contribution in [-0.2, 0) is 17.8 Å². The normalized spacial score (nSPS) is 13.8. The molecule has 5 heteroatoms. The molecule has 0 radical (unpaired) electrons. The van der Waals surface area contributed by atoms with Crippen molar-refractivity contribution in [1.82, 2.24) is 0 Å². The van der Waals surface area contributed by atoms with Gasteiger partial charge in [-0.25, -0.2) is 4.39 Å². The van der Waals surface area contributed by atoms with Crippen molar-refractivity contribution in [2.24, 2.45) is 0 Å². The van der Waals surface area contributed by atoms with Crippen LogP contribution in [0.3, 0.4) is 0 Å². The third-order valence-electron chi connectivity index (χ3n) is 5.64. The first-order chi connectivity index (χ1) is 14.6. The van der Waals surface area contributed by atoms with E-state index in [2.05, 4.69) is 12.1 Å². The number of hydrogen-bond donors (Lipinski definition) is 1. The minimum absolute atomic E-state index is 0.172. The van der Waals surface area contributed by atoms with E-state index in [-0.39, 0.29) is 12.2 Å². The number of hydrogen-bond acceptors (Lipinski definition) is 3. The van der Waals surface area contributed by atoms with E-state index in [1.165, 1.54) is 30.2 Å². The number of carbonyl (C=O) groups is 1. The summed E-state index contributed by atoms with van der Waals surface area (Å²) in [6, 6.07) is 16.9. The van der Waals surface area contributed by atoms with Gasteiger partial charge in [-0.2, -0.15) is 0 Å². The molecule has 1 aliphatic carbocycles. The van der Waals surface area contributed by atoms with Crippen molar-refractivity contribution in [2.45, 2.75) is 51.0 Å². The lowest BCUT2D eigenvalue weighted by Gasteiger charge is -2.23. The Morgan fingerprint density at radius 1 is 1.10 bits per heavy atom. The molecule has 0 bridgehead atoms. The molecular weight excluding hydrogens is 399 g/mol. The van der Waals surface area contributed by atoms with Gasteiger partial charge in [0, 0.05) is 21.7 Å². The van der Waals surface area contributed by atoms with Crippen LogP contribution >= 0.6 is 11.3 Å². The molecule has 0 aliphatic heterocycles. The number of aryl methyl sites for hydroxylation is 1. The van der Waals surface area contributed by atoms with Crippen molar-refractivity contribution < 1.29 is 19.0 Å². The highest BCUT2D eigenvalue weighted by molar-refractivity contribution is 7.15. The Labute approximate surface area is 180 Å². The molecule has 0 atom stereocenters. The summed E-state index contributed by atoms with van der Waals surface area (Å²) in [5.41, 5.74) is 2.94. The molecule has 0 amide bonds. The fraction of sp³-hybridized carbons (Fsp3) is 0.320. The second-order valence-electron chi connectivity index (χ2n) is 7.81.